The molecule has 0 spiro atoms. The number of anilines is 1. The topological polar surface area (TPSA) is 106 Å². The Hall–Kier alpha value is -0.900. The summed E-state index contributed by atoms with van der Waals surface area (Å²) >= 11 is 5.69. The first kappa shape index (κ1) is 18.1. The zero-order chi connectivity index (χ0) is 16.6. The van der Waals surface area contributed by atoms with Gasteiger partial charge < -0.3 is 5.73 Å². The van der Waals surface area contributed by atoms with Crippen LogP contribution in [0, 0.1) is 5.82 Å². The number of sulfonamides is 1. The Balaban J connectivity index is 3.12. The lowest BCUT2D eigenvalue weighted by atomic mass is 10.2. The molecule has 0 atom stereocenters. The minimum absolute atomic E-state index is 0.341. The second-order valence-corrected chi connectivity index (χ2v) is 9.95. The predicted octanol–water partition coefficient (Wildman–Crippen LogP) is 1.16. The van der Waals surface area contributed by atoms with Gasteiger partial charge in [0.05, 0.1) is 15.5 Å². The molecule has 0 aliphatic heterocycles. The number of hydrogen-bond donors (Lipinski definition) is 2. The first-order chi connectivity index (χ1) is 9.28. The summed E-state index contributed by atoms with van der Waals surface area (Å²) in [6.07, 6.45) is 1.00. The maximum atomic E-state index is 13.2. The lowest BCUT2D eigenvalue weighted by Gasteiger charge is -2.22. The van der Waals surface area contributed by atoms with Crippen molar-refractivity contribution < 1.29 is 21.2 Å². The first-order valence-corrected chi connectivity index (χ1v) is 9.47. The van der Waals surface area contributed by atoms with Gasteiger partial charge in [-0.05, 0) is 26.0 Å². The molecule has 0 saturated carbocycles. The number of benzene rings is 1. The van der Waals surface area contributed by atoms with Gasteiger partial charge in [-0.25, -0.2) is 25.9 Å². The molecule has 21 heavy (non-hydrogen) atoms. The van der Waals surface area contributed by atoms with Crippen molar-refractivity contribution in [1.82, 2.24) is 4.72 Å². The summed E-state index contributed by atoms with van der Waals surface area (Å²) in [5.74, 6) is -0.838. The Morgan fingerprint density at radius 1 is 1.29 bits per heavy atom. The van der Waals surface area contributed by atoms with Gasteiger partial charge in [0.25, 0.3) is 0 Å². The van der Waals surface area contributed by atoms with Crippen LogP contribution in [0.3, 0.4) is 0 Å². The van der Waals surface area contributed by atoms with Crippen molar-refractivity contribution in [3.8, 4) is 0 Å². The van der Waals surface area contributed by atoms with Crippen LogP contribution < -0.4 is 10.5 Å². The lowest BCUT2D eigenvalue weighted by Crippen LogP contribution is -2.43. The van der Waals surface area contributed by atoms with E-state index >= 15 is 0 Å². The van der Waals surface area contributed by atoms with Crippen molar-refractivity contribution in [1.29, 1.82) is 0 Å². The Kier molecular flexibility index (Phi) is 4.94. The maximum Gasteiger partial charge on any atom is 0.242 e. The number of hydrogen-bond acceptors (Lipinski definition) is 5. The molecule has 1 aromatic carbocycles. The minimum Gasteiger partial charge on any atom is -0.396 e. The van der Waals surface area contributed by atoms with Gasteiger partial charge in [0.1, 0.15) is 10.7 Å². The first-order valence-electron chi connectivity index (χ1n) is 5.72. The predicted molar refractivity (Wildman–Crippen MR) is 79.9 cm³/mol. The molecule has 6 nitrogen and oxygen atoms in total. The van der Waals surface area contributed by atoms with E-state index in [1.165, 1.54) is 13.8 Å². The van der Waals surface area contributed by atoms with Crippen molar-refractivity contribution in [3.63, 3.8) is 0 Å². The normalized spacial score (nSPS) is 13.4. The van der Waals surface area contributed by atoms with E-state index in [9.17, 15) is 21.2 Å². The van der Waals surface area contributed by atoms with E-state index in [-0.39, 0.29) is 17.3 Å². The van der Waals surface area contributed by atoms with Crippen LogP contribution in [0.1, 0.15) is 13.8 Å². The smallest absolute Gasteiger partial charge is 0.242 e. The monoisotopic (exact) mass is 358 g/mol. The highest BCUT2D eigenvalue weighted by molar-refractivity contribution is 7.92. The average molecular weight is 359 g/mol. The molecule has 0 fully saturated rings. The van der Waals surface area contributed by atoms with Gasteiger partial charge in [-0.15, -0.1) is 0 Å². The summed E-state index contributed by atoms with van der Waals surface area (Å²) in [6, 6.07) is 1.67. The third kappa shape index (κ3) is 4.06. The van der Waals surface area contributed by atoms with Crippen molar-refractivity contribution in [2.24, 2.45) is 0 Å². The number of nitrogens with one attached hydrogen (secondary N) is 1. The molecule has 0 aliphatic carbocycles. The molecular weight excluding hydrogens is 343 g/mol. The third-order valence-electron chi connectivity index (χ3n) is 3.03. The van der Waals surface area contributed by atoms with E-state index < -0.39 is 35.3 Å². The average Bonchev–Trinajstić information content (AvgIpc) is 2.30. The van der Waals surface area contributed by atoms with Gasteiger partial charge in [0.2, 0.25) is 10.0 Å². The number of nitrogens with two attached hydrogens (primary N) is 1. The SMILES string of the molecule is CC(C)(CNS(=O)(=O)c1cc(N)c(F)cc1Cl)S(C)(=O)=O. The van der Waals surface area contributed by atoms with Crippen LogP contribution in [0.25, 0.3) is 0 Å². The Morgan fingerprint density at radius 3 is 2.29 bits per heavy atom. The van der Waals surface area contributed by atoms with Crippen molar-refractivity contribution in [2.75, 3.05) is 18.5 Å². The van der Waals surface area contributed by atoms with Crippen LogP contribution in [-0.4, -0.2) is 34.4 Å². The van der Waals surface area contributed by atoms with Crippen LogP contribution in [0.4, 0.5) is 10.1 Å². The molecule has 1 aromatic rings. The second kappa shape index (κ2) is 5.71. The maximum absolute atomic E-state index is 13.2. The van der Waals surface area contributed by atoms with Crippen molar-refractivity contribution in [2.45, 2.75) is 23.5 Å². The van der Waals surface area contributed by atoms with Gasteiger partial charge in [-0.3, -0.25) is 0 Å². The van der Waals surface area contributed by atoms with E-state index in [2.05, 4.69) is 4.72 Å². The standard InChI is InChI=1S/C11H16ClFN2O4S2/c1-11(2,20(3,16)17)6-15-21(18,19)10-5-9(14)8(13)4-7(10)12/h4-5,15H,6,14H2,1-3H3. The van der Waals surface area contributed by atoms with Crippen molar-refractivity contribution in [3.05, 3.63) is 23.0 Å². The quantitative estimate of drug-likeness (QED) is 0.768. The fraction of sp³-hybridized carbons (Fsp3) is 0.455. The molecule has 120 valence electrons. The molecule has 0 saturated heterocycles. The summed E-state index contributed by atoms with van der Waals surface area (Å²) in [7, 11) is -7.59. The van der Waals surface area contributed by atoms with Crippen LogP contribution >= 0.6 is 11.6 Å². The zero-order valence-corrected chi connectivity index (χ0v) is 14.0. The Bertz CT molecular complexity index is 761. The van der Waals surface area contributed by atoms with Gasteiger partial charge in [-0.2, -0.15) is 0 Å². The number of nitrogen functional groups attached to an aromatic ring is 1. The lowest BCUT2D eigenvalue weighted by molar-refractivity contribution is 0.537. The second-order valence-electron chi connectivity index (χ2n) is 5.16. The molecule has 10 heteroatoms. The van der Waals surface area contributed by atoms with E-state index in [4.69, 9.17) is 17.3 Å². The molecule has 3 N–H and O–H groups in total. The van der Waals surface area contributed by atoms with E-state index in [1.807, 2.05) is 0 Å². The van der Waals surface area contributed by atoms with Crippen LogP contribution in [0.5, 0.6) is 0 Å². The molecule has 0 aliphatic rings. The molecule has 0 aromatic heterocycles. The highest BCUT2D eigenvalue weighted by Crippen LogP contribution is 2.26. The van der Waals surface area contributed by atoms with Crippen LogP contribution in [-0.2, 0) is 19.9 Å². The van der Waals surface area contributed by atoms with E-state index in [1.54, 1.807) is 0 Å². The molecule has 0 unspecified atom stereocenters. The summed E-state index contributed by atoms with van der Waals surface area (Å²) in [5.41, 5.74) is 4.94. The van der Waals surface area contributed by atoms with Gasteiger partial charge >= 0.3 is 0 Å². The largest absolute Gasteiger partial charge is 0.396 e. The molecule has 0 heterocycles. The number of sulfone groups is 1. The number of halogens is 2. The van der Waals surface area contributed by atoms with Crippen LogP contribution in [0.2, 0.25) is 5.02 Å². The highest BCUT2D eigenvalue weighted by Gasteiger charge is 2.32. The number of rotatable bonds is 5. The van der Waals surface area contributed by atoms with E-state index in [0.29, 0.717) is 0 Å². The summed E-state index contributed by atoms with van der Waals surface area (Å²) in [4.78, 5) is -0.410. The van der Waals surface area contributed by atoms with E-state index in [0.717, 1.165) is 18.4 Å². The summed E-state index contributed by atoms with van der Waals surface area (Å²) < 4.78 is 61.3. The Morgan fingerprint density at radius 2 is 1.81 bits per heavy atom. The fourth-order valence-electron chi connectivity index (χ4n) is 1.23. The molecule has 0 radical (unpaired) electrons. The molecule has 0 bridgehead atoms. The van der Waals surface area contributed by atoms with Gasteiger partial charge in [0.15, 0.2) is 9.84 Å². The zero-order valence-electron chi connectivity index (χ0n) is 11.6. The summed E-state index contributed by atoms with van der Waals surface area (Å²) in [6.45, 7) is 2.40. The fourth-order valence-corrected chi connectivity index (χ4v) is 3.41. The van der Waals surface area contributed by atoms with Gasteiger partial charge in [-0.1, -0.05) is 11.6 Å². The molecule has 0 amide bonds. The van der Waals surface area contributed by atoms with Crippen LogP contribution in [0.15, 0.2) is 17.0 Å². The van der Waals surface area contributed by atoms with Gasteiger partial charge in [0, 0.05) is 12.8 Å². The molecular formula is C11H16ClFN2O4S2. The summed E-state index contributed by atoms with van der Waals surface area (Å²) in [5, 5.41) is -0.341. The minimum atomic E-state index is -4.12. The van der Waals surface area contributed by atoms with Crippen molar-refractivity contribution >= 4 is 37.1 Å². The molecule has 1 rings (SSSR count). The highest BCUT2D eigenvalue weighted by atomic mass is 35.5. The third-order valence-corrected chi connectivity index (χ3v) is 7.05. The Labute approximate surface area is 128 Å².